The lowest BCUT2D eigenvalue weighted by molar-refractivity contribution is 0.379. The zero-order valence-corrected chi connectivity index (χ0v) is 8.98. The van der Waals surface area contributed by atoms with E-state index in [4.69, 9.17) is 0 Å². The van der Waals surface area contributed by atoms with Gasteiger partial charge in [-0.25, -0.2) is 0 Å². The molecule has 0 saturated carbocycles. The SMILES string of the molecule is CC1=CC(C)(C)CCCCC1C. The van der Waals surface area contributed by atoms with Crippen molar-refractivity contribution in [2.75, 3.05) is 0 Å². The Kier molecular flexibility index (Phi) is 2.98. The molecule has 0 bridgehead atoms. The molecule has 0 amide bonds. The van der Waals surface area contributed by atoms with Gasteiger partial charge in [-0.15, -0.1) is 0 Å². The molecule has 0 fully saturated rings. The average molecular weight is 166 g/mol. The predicted octanol–water partition coefficient (Wildman–Crippen LogP) is 4.17. The van der Waals surface area contributed by atoms with Crippen LogP contribution < -0.4 is 0 Å². The van der Waals surface area contributed by atoms with Crippen LogP contribution in [0.15, 0.2) is 11.6 Å². The minimum absolute atomic E-state index is 0.443. The quantitative estimate of drug-likeness (QED) is 0.474. The molecule has 0 nitrogen and oxygen atoms in total. The molecule has 1 aliphatic rings. The van der Waals surface area contributed by atoms with E-state index in [0.29, 0.717) is 5.41 Å². The Morgan fingerprint density at radius 3 is 2.67 bits per heavy atom. The first-order chi connectivity index (χ1) is 5.51. The molecule has 0 aromatic heterocycles. The van der Waals surface area contributed by atoms with Gasteiger partial charge in [-0.2, -0.15) is 0 Å². The van der Waals surface area contributed by atoms with Crippen LogP contribution in [-0.2, 0) is 0 Å². The first kappa shape index (κ1) is 9.83. The lowest BCUT2D eigenvalue weighted by Crippen LogP contribution is -2.13. The van der Waals surface area contributed by atoms with Crippen LogP contribution in [0.5, 0.6) is 0 Å². The second kappa shape index (κ2) is 3.64. The molecule has 70 valence electrons. The standard InChI is InChI=1S/C12H22/c1-10-7-5-6-8-12(3,4)9-11(10)2/h9-10H,5-8H2,1-4H3. The summed E-state index contributed by atoms with van der Waals surface area (Å²) < 4.78 is 0. The minimum Gasteiger partial charge on any atom is -0.0797 e. The fourth-order valence-corrected chi connectivity index (χ4v) is 2.09. The molecular weight excluding hydrogens is 144 g/mol. The summed E-state index contributed by atoms with van der Waals surface area (Å²) >= 11 is 0. The van der Waals surface area contributed by atoms with Gasteiger partial charge in [0.2, 0.25) is 0 Å². The van der Waals surface area contributed by atoms with E-state index < -0.39 is 0 Å². The van der Waals surface area contributed by atoms with E-state index >= 15 is 0 Å². The molecule has 1 unspecified atom stereocenters. The highest BCUT2D eigenvalue weighted by Crippen LogP contribution is 2.32. The lowest BCUT2D eigenvalue weighted by atomic mass is 9.79. The van der Waals surface area contributed by atoms with Crippen molar-refractivity contribution in [3.63, 3.8) is 0 Å². The highest BCUT2D eigenvalue weighted by atomic mass is 14.2. The van der Waals surface area contributed by atoms with Crippen molar-refractivity contribution in [1.29, 1.82) is 0 Å². The number of hydrogen-bond acceptors (Lipinski definition) is 0. The van der Waals surface area contributed by atoms with E-state index in [1.807, 2.05) is 0 Å². The van der Waals surface area contributed by atoms with E-state index in [-0.39, 0.29) is 0 Å². The van der Waals surface area contributed by atoms with E-state index in [1.54, 1.807) is 5.57 Å². The van der Waals surface area contributed by atoms with Crippen molar-refractivity contribution in [3.8, 4) is 0 Å². The molecule has 0 heteroatoms. The van der Waals surface area contributed by atoms with Gasteiger partial charge in [0.25, 0.3) is 0 Å². The van der Waals surface area contributed by atoms with Crippen molar-refractivity contribution >= 4 is 0 Å². The van der Waals surface area contributed by atoms with Gasteiger partial charge in [-0.05, 0) is 31.1 Å². The molecular formula is C12H22. The summed E-state index contributed by atoms with van der Waals surface area (Å²) in [6.07, 6.45) is 8.04. The van der Waals surface area contributed by atoms with Crippen LogP contribution in [0.25, 0.3) is 0 Å². The maximum absolute atomic E-state index is 2.48. The van der Waals surface area contributed by atoms with Crippen LogP contribution >= 0.6 is 0 Å². The van der Waals surface area contributed by atoms with Gasteiger partial charge in [0.05, 0.1) is 0 Å². The summed E-state index contributed by atoms with van der Waals surface area (Å²) in [5.74, 6) is 0.810. The van der Waals surface area contributed by atoms with Crippen LogP contribution in [0.1, 0.15) is 53.4 Å². The summed E-state index contributed by atoms with van der Waals surface area (Å²) in [4.78, 5) is 0. The monoisotopic (exact) mass is 166 g/mol. The lowest BCUT2D eigenvalue weighted by Gasteiger charge is -2.26. The highest BCUT2D eigenvalue weighted by molar-refractivity contribution is 5.08. The predicted molar refractivity (Wildman–Crippen MR) is 55.2 cm³/mol. The number of rotatable bonds is 0. The minimum atomic E-state index is 0.443. The molecule has 0 aliphatic heterocycles. The van der Waals surface area contributed by atoms with Crippen molar-refractivity contribution in [1.82, 2.24) is 0 Å². The highest BCUT2D eigenvalue weighted by Gasteiger charge is 2.18. The number of hydrogen-bond donors (Lipinski definition) is 0. The third-order valence-corrected chi connectivity index (χ3v) is 3.10. The summed E-state index contributed by atoms with van der Waals surface area (Å²) in [5.41, 5.74) is 2.04. The van der Waals surface area contributed by atoms with Crippen molar-refractivity contribution in [3.05, 3.63) is 11.6 Å². The molecule has 0 N–H and O–H groups in total. The fraction of sp³-hybridized carbons (Fsp3) is 0.833. The molecule has 1 aliphatic carbocycles. The Hall–Kier alpha value is -0.260. The number of allylic oxidation sites excluding steroid dienone is 2. The van der Waals surface area contributed by atoms with Crippen LogP contribution in [0.3, 0.4) is 0 Å². The molecule has 0 heterocycles. The van der Waals surface area contributed by atoms with Crippen LogP contribution in [0, 0.1) is 11.3 Å². The molecule has 1 rings (SSSR count). The van der Waals surface area contributed by atoms with E-state index in [2.05, 4.69) is 33.8 Å². The van der Waals surface area contributed by atoms with Crippen LogP contribution in [-0.4, -0.2) is 0 Å². The van der Waals surface area contributed by atoms with Gasteiger partial charge in [0.15, 0.2) is 0 Å². The third kappa shape index (κ3) is 2.66. The van der Waals surface area contributed by atoms with Crippen LogP contribution in [0.4, 0.5) is 0 Å². The van der Waals surface area contributed by atoms with Crippen molar-refractivity contribution in [2.45, 2.75) is 53.4 Å². The molecule has 0 spiro atoms. The molecule has 0 aromatic carbocycles. The Morgan fingerprint density at radius 1 is 1.33 bits per heavy atom. The van der Waals surface area contributed by atoms with Crippen molar-refractivity contribution < 1.29 is 0 Å². The Morgan fingerprint density at radius 2 is 2.00 bits per heavy atom. The molecule has 0 saturated heterocycles. The second-order valence-corrected chi connectivity index (χ2v) is 5.02. The Balaban J connectivity index is 2.76. The average Bonchev–Trinajstić information content (AvgIpc) is 1.95. The zero-order valence-electron chi connectivity index (χ0n) is 8.98. The largest absolute Gasteiger partial charge is 0.0797 e. The Labute approximate surface area is 77.1 Å². The van der Waals surface area contributed by atoms with Crippen molar-refractivity contribution in [2.24, 2.45) is 11.3 Å². The Bertz CT molecular complexity index is 174. The smallest absolute Gasteiger partial charge is 0.0172 e. The van der Waals surface area contributed by atoms with Gasteiger partial charge < -0.3 is 0 Å². The van der Waals surface area contributed by atoms with Gasteiger partial charge in [0.1, 0.15) is 0 Å². The van der Waals surface area contributed by atoms with Crippen LogP contribution in [0.2, 0.25) is 0 Å². The summed E-state index contributed by atoms with van der Waals surface area (Å²) in [6.45, 7) is 9.36. The summed E-state index contributed by atoms with van der Waals surface area (Å²) in [7, 11) is 0. The molecule has 12 heavy (non-hydrogen) atoms. The maximum Gasteiger partial charge on any atom is -0.0172 e. The first-order valence-electron chi connectivity index (χ1n) is 5.21. The summed E-state index contributed by atoms with van der Waals surface area (Å²) in [5, 5.41) is 0. The normalized spacial score (nSPS) is 30.3. The van der Waals surface area contributed by atoms with Gasteiger partial charge >= 0.3 is 0 Å². The zero-order chi connectivity index (χ0) is 9.19. The third-order valence-electron chi connectivity index (χ3n) is 3.10. The molecule has 0 aromatic rings. The topological polar surface area (TPSA) is 0 Å². The van der Waals surface area contributed by atoms with Gasteiger partial charge in [-0.1, -0.05) is 45.3 Å². The maximum atomic E-state index is 2.48. The molecule has 1 atom stereocenters. The van der Waals surface area contributed by atoms with E-state index in [9.17, 15) is 0 Å². The second-order valence-electron chi connectivity index (χ2n) is 5.02. The van der Waals surface area contributed by atoms with Gasteiger partial charge in [0, 0.05) is 0 Å². The fourth-order valence-electron chi connectivity index (χ4n) is 2.09. The molecule has 0 radical (unpaired) electrons. The van der Waals surface area contributed by atoms with E-state index in [1.165, 1.54) is 25.7 Å². The van der Waals surface area contributed by atoms with Gasteiger partial charge in [-0.3, -0.25) is 0 Å². The van der Waals surface area contributed by atoms with E-state index in [0.717, 1.165) is 5.92 Å². The summed E-state index contributed by atoms with van der Waals surface area (Å²) in [6, 6.07) is 0. The first-order valence-corrected chi connectivity index (χ1v) is 5.21.